The van der Waals surface area contributed by atoms with Gasteiger partial charge in [-0.1, -0.05) is 25.4 Å². The van der Waals surface area contributed by atoms with E-state index < -0.39 is 0 Å². The van der Waals surface area contributed by atoms with E-state index in [0.717, 1.165) is 37.1 Å². The molecule has 1 amide bonds. The van der Waals surface area contributed by atoms with E-state index in [1.807, 2.05) is 11.8 Å². The SMILES string of the molecule is CCN(CC)CCCN(CC)C(=O)c1cc(Br)cnc1Cl. The van der Waals surface area contributed by atoms with Crippen LogP contribution in [0.4, 0.5) is 0 Å². The molecule has 0 unspecified atom stereocenters. The molecule has 4 nitrogen and oxygen atoms in total. The number of carbonyl (C=O) groups is 1. The lowest BCUT2D eigenvalue weighted by Crippen LogP contribution is -2.34. The van der Waals surface area contributed by atoms with Crippen molar-refractivity contribution in [2.45, 2.75) is 27.2 Å². The molecule has 1 aromatic heterocycles. The summed E-state index contributed by atoms with van der Waals surface area (Å²) in [5.41, 5.74) is 0.454. The van der Waals surface area contributed by atoms with E-state index in [2.05, 4.69) is 39.7 Å². The second-order valence-electron chi connectivity index (χ2n) is 4.76. The van der Waals surface area contributed by atoms with Gasteiger partial charge in [0.1, 0.15) is 5.15 Å². The van der Waals surface area contributed by atoms with E-state index >= 15 is 0 Å². The van der Waals surface area contributed by atoms with Gasteiger partial charge < -0.3 is 9.80 Å². The van der Waals surface area contributed by atoms with Gasteiger partial charge in [-0.2, -0.15) is 0 Å². The fourth-order valence-corrected chi connectivity index (χ4v) is 2.69. The van der Waals surface area contributed by atoms with Crippen molar-refractivity contribution in [3.05, 3.63) is 27.5 Å². The van der Waals surface area contributed by atoms with Crippen LogP contribution in [0.3, 0.4) is 0 Å². The van der Waals surface area contributed by atoms with Crippen molar-refractivity contribution in [2.24, 2.45) is 0 Å². The number of carbonyl (C=O) groups excluding carboxylic acids is 1. The average Bonchev–Trinajstić information content (AvgIpc) is 2.49. The molecule has 0 fully saturated rings. The summed E-state index contributed by atoms with van der Waals surface area (Å²) in [4.78, 5) is 20.7. The summed E-state index contributed by atoms with van der Waals surface area (Å²) >= 11 is 9.36. The van der Waals surface area contributed by atoms with Gasteiger partial charge in [0.05, 0.1) is 5.56 Å². The van der Waals surface area contributed by atoms with Gasteiger partial charge in [0.2, 0.25) is 0 Å². The van der Waals surface area contributed by atoms with E-state index in [0.29, 0.717) is 12.1 Å². The number of hydrogen-bond acceptors (Lipinski definition) is 3. The van der Waals surface area contributed by atoms with Crippen molar-refractivity contribution in [3.8, 4) is 0 Å². The summed E-state index contributed by atoms with van der Waals surface area (Å²) in [6, 6.07) is 1.73. The number of nitrogens with zero attached hydrogens (tertiary/aromatic N) is 3. The summed E-state index contributed by atoms with van der Waals surface area (Å²) < 4.78 is 0.759. The summed E-state index contributed by atoms with van der Waals surface area (Å²) in [5, 5.41) is 0.255. The Morgan fingerprint density at radius 3 is 2.48 bits per heavy atom. The zero-order chi connectivity index (χ0) is 15.8. The Kier molecular flexibility index (Phi) is 8.22. The van der Waals surface area contributed by atoms with E-state index in [-0.39, 0.29) is 11.1 Å². The first-order valence-electron chi connectivity index (χ1n) is 7.36. The molecule has 0 saturated heterocycles. The molecule has 0 bridgehead atoms. The molecule has 0 aliphatic heterocycles. The Hall–Kier alpha value is -0.650. The molecule has 1 aromatic rings. The summed E-state index contributed by atoms with van der Waals surface area (Å²) in [6.45, 7) is 10.8. The van der Waals surface area contributed by atoms with Gasteiger partial charge in [0.15, 0.2) is 0 Å². The Morgan fingerprint density at radius 1 is 1.24 bits per heavy atom. The number of amides is 1. The maximum Gasteiger partial charge on any atom is 0.257 e. The lowest BCUT2D eigenvalue weighted by molar-refractivity contribution is 0.0757. The van der Waals surface area contributed by atoms with Crippen LogP contribution in [0.5, 0.6) is 0 Å². The molecular formula is C15H23BrClN3O. The third-order valence-electron chi connectivity index (χ3n) is 3.50. The third kappa shape index (κ3) is 5.57. The average molecular weight is 377 g/mol. The Balaban J connectivity index is 2.67. The number of halogens is 2. The second kappa shape index (κ2) is 9.38. The van der Waals surface area contributed by atoms with Crippen molar-refractivity contribution < 1.29 is 4.79 Å². The molecule has 0 atom stereocenters. The minimum atomic E-state index is -0.0594. The summed E-state index contributed by atoms with van der Waals surface area (Å²) in [7, 11) is 0. The van der Waals surface area contributed by atoms with E-state index in [1.54, 1.807) is 12.3 Å². The molecule has 1 rings (SSSR count). The Bertz CT molecular complexity index is 466. The third-order valence-corrected chi connectivity index (χ3v) is 4.24. The first-order valence-corrected chi connectivity index (χ1v) is 8.53. The van der Waals surface area contributed by atoms with Crippen molar-refractivity contribution in [3.63, 3.8) is 0 Å². The van der Waals surface area contributed by atoms with Crippen LogP contribution in [0.25, 0.3) is 0 Å². The van der Waals surface area contributed by atoms with Crippen molar-refractivity contribution in [1.29, 1.82) is 0 Å². The highest BCUT2D eigenvalue weighted by atomic mass is 79.9. The van der Waals surface area contributed by atoms with Gasteiger partial charge in [-0.3, -0.25) is 4.79 Å². The predicted octanol–water partition coefficient (Wildman–Crippen LogP) is 3.69. The largest absolute Gasteiger partial charge is 0.339 e. The quantitative estimate of drug-likeness (QED) is 0.649. The fourth-order valence-electron chi connectivity index (χ4n) is 2.17. The first kappa shape index (κ1) is 18.4. The van der Waals surface area contributed by atoms with E-state index in [9.17, 15) is 4.79 Å². The molecule has 0 N–H and O–H groups in total. The number of pyridine rings is 1. The highest BCUT2D eigenvalue weighted by molar-refractivity contribution is 9.10. The van der Waals surface area contributed by atoms with Gasteiger partial charge in [-0.05, 0) is 55.0 Å². The number of hydrogen-bond donors (Lipinski definition) is 0. The van der Waals surface area contributed by atoms with Gasteiger partial charge in [0, 0.05) is 23.8 Å². The van der Waals surface area contributed by atoms with Crippen LogP contribution in [0.1, 0.15) is 37.6 Å². The van der Waals surface area contributed by atoms with Crippen LogP contribution in [0, 0.1) is 0 Å². The highest BCUT2D eigenvalue weighted by Crippen LogP contribution is 2.19. The zero-order valence-corrected chi connectivity index (χ0v) is 15.2. The lowest BCUT2D eigenvalue weighted by Gasteiger charge is -2.24. The Labute approximate surface area is 140 Å². The molecule has 0 aliphatic carbocycles. The molecule has 1 heterocycles. The molecule has 0 radical (unpaired) electrons. The van der Waals surface area contributed by atoms with Crippen LogP contribution in [0.15, 0.2) is 16.7 Å². The Morgan fingerprint density at radius 2 is 1.90 bits per heavy atom. The minimum Gasteiger partial charge on any atom is -0.339 e. The van der Waals surface area contributed by atoms with Crippen LogP contribution in [-0.2, 0) is 0 Å². The van der Waals surface area contributed by atoms with Crippen molar-refractivity contribution in [1.82, 2.24) is 14.8 Å². The monoisotopic (exact) mass is 375 g/mol. The molecule has 0 spiro atoms. The highest BCUT2D eigenvalue weighted by Gasteiger charge is 2.18. The molecule has 6 heteroatoms. The molecule has 0 saturated carbocycles. The minimum absolute atomic E-state index is 0.0594. The number of rotatable bonds is 8. The molecule has 118 valence electrons. The van der Waals surface area contributed by atoms with Gasteiger partial charge >= 0.3 is 0 Å². The molecule has 21 heavy (non-hydrogen) atoms. The normalized spacial score (nSPS) is 11.0. The topological polar surface area (TPSA) is 36.4 Å². The van der Waals surface area contributed by atoms with Gasteiger partial charge in [-0.15, -0.1) is 0 Å². The van der Waals surface area contributed by atoms with Crippen LogP contribution in [0.2, 0.25) is 5.15 Å². The van der Waals surface area contributed by atoms with Crippen LogP contribution >= 0.6 is 27.5 Å². The maximum absolute atomic E-state index is 12.5. The first-order chi connectivity index (χ1) is 10.0. The maximum atomic E-state index is 12.5. The second-order valence-corrected chi connectivity index (χ2v) is 6.03. The summed E-state index contributed by atoms with van der Waals surface area (Å²) in [5.74, 6) is -0.0594. The molecule has 0 aliphatic rings. The predicted molar refractivity (Wildman–Crippen MR) is 90.9 cm³/mol. The van der Waals surface area contributed by atoms with Crippen LogP contribution < -0.4 is 0 Å². The molecular weight excluding hydrogens is 354 g/mol. The smallest absolute Gasteiger partial charge is 0.257 e. The molecule has 0 aromatic carbocycles. The van der Waals surface area contributed by atoms with Gasteiger partial charge in [-0.25, -0.2) is 4.98 Å². The lowest BCUT2D eigenvalue weighted by atomic mass is 10.2. The zero-order valence-electron chi connectivity index (χ0n) is 12.9. The van der Waals surface area contributed by atoms with E-state index in [1.165, 1.54) is 0 Å². The fraction of sp³-hybridized carbons (Fsp3) is 0.600. The van der Waals surface area contributed by atoms with Crippen molar-refractivity contribution in [2.75, 3.05) is 32.7 Å². The van der Waals surface area contributed by atoms with Gasteiger partial charge in [0.25, 0.3) is 5.91 Å². The van der Waals surface area contributed by atoms with Crippen LogP contribution in [-0.4, -0.2) is 53.4 Å². The van der Waals surface area contributed by atoms with Crippen molar-refractivity contribution >= 4 is 33.4 Å². The van der Waals surface area contributed by atoms with E-state index in [4.69, 9.17) is 11.6 Å². The standard InChI is InChI=1S/C15H23BrClN3O/c1-4-19(5-2)8-7-9-20(6-3)15(21)13-10-12(16)11-18-14(13)17/h10-11H,4-9H2,1-3H3. The summed E-state index contributed by atoms with van der Waals surface area (Å²) in [6.07, 6.45) is 2.55. The number of aromatic nitrogens is 1.